The number of aliphatic hydroxyl groups is 1. The molecule has 1 saturated heterocycles. The van der Waals surface area contributed by atoms with Crippen LogP contribution >= 0.6 is 11.8 Å². The van der Waals surface area contributed by atoms with Crippen LogP contribution in [-0.2, 0) is 15.3 Å². The predicted octanol–water partition coefficient (Wildman–Crippen LogP) is 1.22. The molecule has 3 atom stereocenters. The number of carbonyl (C=O) groups is 2. The summed E-state index contributed by atoms with van der Waals surface area (Å²) in [5, 5.41) is 19.5. The summed E-state index contributed by atoms with van der Waals surface area (Å²) >= 11 is 1.31. The molecule has 116 valence electrons. The number of carboxylic acid groups (broad SMARTS) is 1. The van der Waals surface area contributed by atoms with Crippen LogP contribution in [0.5, 0.6) is 0 Å². The minimum absolute atomic E-state index is 0.195. The topological polar surface area (TPSA) is 90.7 Å². The van der Waals surface area contributed by atoms with Crippen LogP contribution in [0.2, 0.25) is 0 Å². The smallest absolute Gasteiger partial charge is 0.334 e. The monoisotopic (exact) mass is 320 g/mol. The number of pyridine rings is 1. The van der Waals surface area contributed by atoms with Gasteiger partial charge in [-0.25, -0.2) is 4.79 Å². The van der Waals surface area contributed by atoms with E-state index in [0.29, 0.717) is 17.2 Å². The molecule has 1 aromatic heterocycles. The molecule has 22 heavy (non-hydrogen) atoms. The number of rotatable bonds is 5. The van der Waals surface area contributed by atoms with E-state index in [1.165, 1.54) is 16.7 Å². The van der Waals surface area contributed by atoms with Crippen LogP contribution in [0.25, 0.3) is 0 Å². The van der Waals surface area contributed by atoms with Gasteiger partial charge in [0.2, 0.25) is 5.91 Å². The van der Waals surface area contributed by atoms with Crippen LogP contribution in [-0.4, -0.2) is 44.1 Å². The van der Waals surface area contributed by atoms with E-state index in [1.807, 2.05) is 18.2 Å². The molecule has 0 saturated carbocycles. The number of hydrogen-bond donors (Lipinski definition) is 2. The van der Waals surface area contributed by atoms with E-state index in [2.05, 4.69) is 4.98 Å². The standard InChI is InChI=1S/C15H16N2O4S/c1-8(18)12-11-6-10(15(20)21)14(17(11)13(12)19)22-7-9-4-2-3-5-16-9/h2-5,8,11-12,18H,6-7H2,1H3,(H,20,21)/t8?,11-,12?/m1/s1. The maximum atomic E-state index is 12.2. The molecule has 0 aromatic carbocycles. The third-order valence-electron chi connectivity index (χ3n) is 4.02. The van der Waals surface area contributed by atoms with Crippen LogP contribution in [0.1, 0.15) is 19.0 Å². The molecule has 3 heterocycles. The summed E-state index contributed by atoms with van der Waals surface area (Å²) in [6.45, 7) is 1.57. The maximum Gasteiger partial charge on any atom is 0.334 e. The van der Waals surface area contributed by atoms with Gasteiger partial charge in [0.1, 0.15) is 0 Å². The molecular weight excluding hydrogens is 304 g/mol. The summed E-state index contributed by atoms with van der Waals surface area (Å²) in [5.74, 6) is -1.19. The number of β-lactam (4-membered cyclic amide) rings is 1. The summed E-state index contributed by atoms with van der Waals surface area (Å²) in [6, 6.07) is 5.31. The first-order valence-electron chi connectivity index (χ1n) is 7.01. The van der Waals surface area contributed by atoms with Gasteiger partial charge >= 0.3 is 5.97 Å². The van der Waals surface area contributed by atoms with Crippen molar-refractivity contribution in [3.8, 4) is 0 Å². The second-order valence-corrected chi connectivity index (χ2v) is 6.41. The van der Waals surface area contributed by atoms with Gasteiger partial charge < -0.3 is 15.1 Å². The summed E-state index contributed by atoms with van der Waals surface area (Å²) in [7, 11) is 0. The molecule has 0 bridgehead atoms. The normalized spacial score (nSPS) is 25.0. The van der Waals surface area contributed by atoms with Crippen molar-refractivity contribution in [1.29, 1.82) is 0 Å². The molecule has 2 N–H and O–H groups in total. The van der Waals surface area contributed by atoms with E-state index >= 15 is 0 Å². The lowest BCUT2D eigenvalue weighted by atomic mass is 9.83. The quantitative estimate of drug-likeness (QED) is 0.793. The van der Waals surface area contributed by atoms with Gasteiger partial charge in [0.05, 0.1) is 34.4 Å². The summed E-state index contributed by atoms with van der Waals surface area (Å²) in [5.41, 5.74) is 1.08. The SMILES string of the molecule is CC(O)C1C(=O)N2C(SCc3ccccn3)=C(C(=O)O)C[C@H]12. The third kappa shape index (κ3) is 2.40. The second-order valence-electron chi connectivity index (χ2n) is 5.44. The molecule has 6 nitrogen and oxygen atoms in total. The Morgan fingerprint density at radius 3 is 2.91 bits per heavy atom. The average molecular weight is 320 g/mol. The van der Waals surface area contributed by atoms with Gasteiger partial charge in [-0.1, -0.05) is 6.07 Å². The Morgan fingerprint density at radius 2 is 2.32 bits per heavy atom. The molecule has 1 amide bonds. The Balaban J connectivity index is 1.79. The number of nitrogens with zero attached hydrogens (tertiary/aromatic N) is 2. The van der Waals surface area contributed by atoms with Crippen molar-refractivity contribution in [3.05, 3.63) is 40.7 Å². The molecule has 2 aliphatic heterocycles. The van der Waals surface area contributed by atoms with E-state index in [0.717, 1.165) is 5.69 Å². The number of aliphatic carboxylic acids is 1. The van der Waals surface area contributed by atoms with E-state index < -0.39 is 18.0 Å². The van der Waals surface area contributed by atoms with E-state index in [-0.39, 0.29) is 17.5 Å². The highest BCUT2D eigenvalue weighted by Gasteiger charge is 2.56. The van der Waals surface area contributed by atoms with Crippen LogP contribution in [0.15, 0.2) is 35.0 Å². The van der Waals surface area contributed by atoms with E-state index in [4.69, 9.17) is 0 Å². The zero-order valence-electron chi connectivity index (χ0n) is 12.0. The van der Waals surface area contributed by atoms with Gasteiger partial charge in [-0.2, -0.15) is 0 Å². The van der Waals surface area contributed by atoms with Crippen LogP contribution in [0.4, 0.5) is 0 Å². The number of aromatic nitrogens is 1. The highest BCUT2D eigenvalue weighted by atomic mass is 32.2. The zero-order chi connectivity index (χ0) is 15.9. The van der Waals surface area contributed by atoms with Crippen molar-refractivity contribution in [1.82, 2.24) is 9.88 Å². The molecule has 3 rings (SSSR count). The lowest BCUT2D eigenvalue weighted by Crippen LogP contribution is -2.60. The number of carbonyl (C=O) groups excluding carboxylic acids is 1. The van der Waals surface area contributed by atoms with E-state index in [1.54, 1.807) is 13.1 Å². The van der Waals surface area contributed by atoms with E-state index in [9.17, 15) is 19.8 Å². The Labute approximate surface area is 131 Å². The minimum atomic E-state index is -1.00. The maximum absolute atomic E-state index is 12.2. The Bertz CT molecular complexity index is 644. The molecule has 1 aromatic rings. The molecule has 0 spiro atoms. The predicted molar refractivity (Wildman–Crippen MR) is 80.6 cm³/mol. The first-order valence-corrected chi connectivity index (χ1v) is 7.99. The van der Waals surface area contributed by atoms with Crippen LogP contribution < -0.4 is 0 Å². The van der Waals surface area contributed by atoms with Crippen molar-refractivity contribution < 1.29 is 19.8 Å². The number of aliphatic hydroxyl groups excluding tert-OH is 1. The van der Waals surface area contributed by atoms with Gasteiger partial charge in [0.15, 0.2) is 0 Å². The van der Waals surface area contributed by atoms with Crippen molar-refractivity contribution in [2.45, 2.75) is 31.2 Å². The number of carboxylic acids is 1. The molecular formula is C15H16N2O4S. The second kappa shape index (κ2) is 5.73. The lowest BCUT2D eigenvalue weighted by Gasteiger charge is -2.45. The van der Waals surface area contributed by atoms with Crippen LogP contribution in [0.3, 0.4) is 0 Å². The van der Waals surface area contributed by atoms with Crippen molar-refractivity contribution >= 4 is 23.6 Å². The summed E-state index contributed by atoms with van der Waals surface area (Å²) in [4.78, 5) is 29.3. The zero-order valence-corrected chi connectivity index (χ0v) is 12.8. The number of fused-ring (bicyclic) bond motifs is 1. The highest BCUT2D eigenvalue weighted by molar-refractivity contribution is 8.02. The molecule has 0 radical (unpaired) electrons. The van der Waals surface area contributed by atoms with Crippen LogP contribution in [0, 0.1) is 5.92 Å². The molecule has 1 fully saturated rings. The molecule has 0 aliphatic carbocycles. The number of hydrogen-bond acceptors (Lipinski definition) is 5. The third-order valence-corrected chi connectivity index (χ3v) is 5.18. The van der Waals surface area contributed by atoms with Crippen molar-refractivity contribution in [2.75, 3.05) is 0 Å². The Morgan fingerprint density at radius 1 is 1.55 bits per heavy atom. The largest absolute Gasteiger partial charge is 0.478 e. The number of thioether (sulfide) groups is 1. The first-order chi connectivity index (χ1) is 10.5. The first kappa shape index (κ1) is 15.1. The van der Waals surface area contributed by atoms with Crippen molar-refractivity contribution in [2.24, 2.45) is 5.92 Å². The van der Waals surface area contributed by atoms with Gasteiger partial charge in [0, 0.05) is 18.4 Å². The van der Waals surface area contributed by atoms with Gasteiger partial charge in [-0.15, -0.1) is 11.8 Å². The molecule has 2 unspecified atom stereocenters. The fourth-order valence-corrected chi connectivity index (χ4v) is 4.13. The van der Waals surface area contributed by atoms with Crippen molar-refractivity contribution in [3.63, 3.8) is 0 Å². The Kier molecular flexibility index (Phi) is 3.92. The fraction of sp³-hybridized carbons (Fsp3) is 0.400. The minimum Gasteiger partial charge on any atom is -0.478 e. The van der Waals surface area contributed by atoms with Gasteiger partial charge in [-0.3, -0.25) is 9.78 Å². The summed E-state index contributed by atoms with van der Waals surface area (Å²) in [6.07, 6.45) is 1.21. The Hall–Kier alpha value is -1.86. The average Bonchev–Trinajstić information content (AvgIpc) is 2.80. The molecule has 2 aliphatic rings. The lowest BCUT2D eigenvalue weighted by molar-refractivity contribution is -0.156. The van der Waals surface area contributed by atoms with Gasteiger partial charge in [-0.05, 0) is 19.1 Å². The fourth-order valence-electron chi connectivity index (χ4n) is 2.97. The summed E-state index contributed by atoms with van der Waals surface area (Å²) < 4.78 is 0. The van der Waals surface area contributed by atoms with Gasteiger partial charge in [0.25, 0.3) is 0 Å². The highest BCUT2D eigenvalue weighted by Crippen LogP contribution is 2.47. The molecule has 7 heteroatoms. The number of amides is 1.